The van der Waals surface area contributed by atoms with Crippen molar-refractivity contribution in [2.75, 3.05) is 6.61 Å². The van der Waals surface area contributed by atoms with Crippen molar-refractivity contribution in [3.05, 3.63) is 60.8 Å². The molecule has 0 N–H and O–H groups in total. The van der Waals surface area contributed by atoms with E-state index in [9.17, 15) is 4.79 Å². The minimum Gasteiger partial charge on any atom is -0.466 e. The van der Waals surface area contributed by atoms with Gasteiger partial charge in [0, 0.05) is 0 Å². The van der Waals surface area contributed by atoms with E-state index in [-0.39, 0.29) is 11.9 Å². The monoisotopic (exact) mass is 372 g/mol. The van der Waals surface area contributed by atoms with Gasteiger partial charge in [-0.05, 0) is 57.8 Å². The van der Waals surface area contributed by atoms with E-state index in [0.717, 1.165) is 44.9 Å². The summed E-state index contributed by atoms with van der Waals surface area (Å²) in [5.74, 6) is 0.206. The molecule has 1 unspecified atom stereocenters. The number of unbranched alkanes of at least 4 members (excludes halogenated alkanes) is 1. The second-order valence-corrected chi connectivity index (χ2v) is 6.89. The Morgan fingerprint density at radius 3 is 1.70 bits per heavy atom. The molecule has 0 aliphatic rings. The summed E-state index contributed by atoms with van der Waals surface area (Å²) in [4.78, 5) is 11.9. The van der Waals surface area contributed by atoms with Crippen LogP contribution in [0.15, 0.2) is 60.8 Å². The van der Waals surface area contributed by atoms with Crippen LogP contribution in [0.1, 0.15) is 72.6 Å². The lowest BCUT2D eigenvalue weighted by Crippen LogP contribution is -2.22. The lowest BCUT2D eigenvalue weighted by atomic mass is 9.92. The summed E-state index contributed by atoms with van der Waals surface area (Å²) in [5, 5.41) is 0. The molecule has 0 saturated carbocycles. The highest BCUT2D eigenvalue weighted by molar-refractivity contribution is 5.72. The highest BCUT2D eigenvalue weighted by Crippen LogP contribution is 2.18. The first kappa shape index (κ1) is 25.2. The standard InChI is InChI=1S/C25H40O2/c1-5-7-8-9-10-11-12-13-14-15-16-17-18-19-20-21-22-24(23(3)4)25(26)27-6-2/h7-8,10-11,13-14,16-17,20-21,23-24H,5-6,9,12,15,18-19,22H2,1-4H3. The summed E-state index contributed by atoms with van der Waals surface area (Å²) in [6.45, 7) is 8.62. The number of carbonyl (C=O) groups is 1. The zero-order valence-electron chi connectivity index (χ0n) is 17.9. The summed E-state index contributed by atoms with van der Waals surface area (Å²) in [6.07, 6.45) is 29.0. The van der Waals surface area contributed by atoms with Gasteiger partial charge in [-0.25, -0.2) is 0 Å². The van der Waals surface area contributed by atoms with Crippen molar-refractivity contribution in [1.82, 2.24) is 0 Å². The molecule has 152 valence electrons. The third-order valence-electron chi connectivity index (χ3n) is 4.17. The van der Waals surface area contributed by atoms with Crippen LogP contribution in [-0.2, 0) is 9.53 Å². The van der Waals surface area contributed by atoms with Gasteiger partial charge in [0.2, 0.25) is 0 Å². The maximum Gasteiger partial charge on any atom is 0.309 e. The number of hydrogen-bond acceptors (Lipinski definition) is 2. The molecule has 1 atom stereocenters. The van der Waals surface area contributed by atoms with Gasteiger partial charge in [-0.15, -0.1) is 0 Å². The Morgan fingerprint density at radius 2 is 1.22 bits per heavy atom. The number of allylic oxidation sites excluding steroid dienone is 10. The van der Waals surface area contributed by atoms with Crippen LogP contribution in [0.4, 0.5) is 0 Å². The van der Waals surface area contributed by atoms with Crippen molar-refractivity contribution in [2.24, 2.45) is 11.8 Å². The molecule has 27 heavy (non-hydrogen) atoms. The van der Waals surface area contributed by atoms with Crippen molar-refractivity contribution in [3.8, 4) is 0 Å². The van der Waals surface area contributed by atoms with Gasteiger partial charge in [-0.1, -0.05) is 81.5 Å². The van der Waals surface area contributed by atoms with Gasteiger partial charge in [0.1, 0.15) is 0 Å². The first-order valence-electron chi connectivity index (χ1n) is 10.5. The van der Waals surface area contributed by atoms with E-state index < -0.39 is 0 Å². The Bertz CT molecular complexity index is 492. The highest BCUT2D eigenvalue weighted by Gasteiger charge is 2.21. The van der Waals surface area contributed by atoms with Gasteiger partial charge in [-0.3, -0.25) is 4.79 Å². The Labute approximate surface area is 167 Å². The first-order chi connectivity index (χ1) is 13.1. The van der Waals surface area contributed by atoms with E-state index in [1.54, 1.807) is 0 Å². The highest BCUT2D eigenvalue weighted by atomic mass is 16.5. The van der Waals surface area contributed by atoms with Crippen LogP contribution in [-0.4, -0.2) is 12.6 Å². The Kier molecular flexibility index (Phi) is 17.7. The molecule has 0 saturated heterocycles. The van der Waals surface area contributed by atoms with Crippen molar-refractivity contribution in [3.63, 3.8) is 0 Å². The number of ether oxygens (including phenoxy) is 1. The van der Waals surface area contributed by atoms with E-state index in [0.29, 0.717) is 12.5 Å². The minimum atomic E-state index is -0.0731. The molecule has 2 heteroatoms. The maximum absolute atomic E-state index is 11.9. The third-order valence-corrected chi connectivity index (χ3v) is 4.17. The number of carbonyl (C=O) groups excluding carboxylic acids is 1. The van der Waals surface area contributed by atoms with E-state index in [2.05, 4.69) is 81.5 Å². The zero-order chi connectivity index (χ0) is 20.2. The zero-order valence-corrected chi connectivity index (χ0v) is 17.9. The fraction of sp³-hybridized carbons (Fsp3) is 0.560. The molecule has 0 heterocycles. The molecule has 0 aliphatic carbocycles. The SMILES string of the molecule is CCC=CCC=CCC=CCC=CCCC=CCC(C(=O)OCC)C(C)C. The molecule has 0 aromatic carbocycles. The van der Waals surface area contributed by atoms with Crippen molar-refractivity contribution in [2.45, 2.75) is 72.6 Å². The Hall–Kier alpha value is -1.83. The number of rotatable bonds is 15. The predicted molar refractivity (Wildman–Crippen MR) is 119 cm³/mol. The number of esters is 1. The van der Waals surface area contributed by atoms with Crippen LogP contribution >= 0.6 is 0 Å². The van der Waals surface area contributed by atoms with Crippen molar-refractivity contribution in [1.29, 1.82) is 0 Å². The predicted octanol–water partition coefficient (Wildman–Crippen LogP) is 7.35. The van der Waals surface area contributed by atoms with Gasteiger partial charge in [0.25, 0.3) is 0 Å². The topological polar surface area (TPSA) is 26.3 Å². The lowest BCUT2D eigenvalue weighted by molar-refractivity contribution is -0.149. The maximum atomic E-state index is 11.9. The second-order valence-electron chi connectivity index (χ2n) is 6.89. The quantitative estimate of drug-likeness (QED) is 0.171. The van der Waals surface area contributed by atoms with Gasteiger partial charge < -0.3 is 4.74 Å². The fourth-order valence-electron chi connectivity index (χ4n) is 2.54. The molecular weight excluding hydrogens is 332 g/mol. The van der Waals surface area contributed by atoms with Gasteiger partial charge in [0.15, 0.2) is 0 Å². The van der Waals surface area contributed by atoms with Crippen LogP contribution in [0.3, 0.4) is 0 Å². The van der Waals surface area contributed by atoms with E-state index >= 15 is 0 Å². The summed E-state index contributed by atoms with van der Waals surface area (Å²) in [5.41, 5.74) is 0. The summed E-state index contributed by atoms with van der Waals surface area (Å²) in [6, 6.07) is 0. The second kappa shape index (κ2) is 18.9. The smallest absolute Gasteiger partial charge is 0.309 e. The van der Waals surface area contributed by atoms with E-state index in [1.165, 1.54) is 0 Å². The minimum absolute atomic E-state index is 0.0291. The van der Waals surface area contributed by atoms with Gasteiger partial charge >= 0.3 is 5.97 Å². The summed E-state index contributed by atoms with van der Waals surface area (Å²) < 4.78 is 5.15. The average Bonchev–Trinajstić information content (AvgIpc) is 2.64. The van der Waals surface area contributed by atoms with Crippen LogP contribution < -0.4 is 0 Å². The van der Waals surface area contributed by atoms with Crippen LogP contribution in [0.2, 0.25) is 0 Å². The van der Waals surface area contributed by atoms with Crippen LogP contribution in [0.5, 0.6) is 0 Å². The van der Waals surface area contributed by atoms with E-state index in [1.807, 2.05) is 6.92 Å². The molecule has 0 bridgehead atoms. The van der Waals surface area contributed by atoms with E-state index in [4.69, 9.17) is 4.74 Å². The molecule has 0 spiro atoms. The summed E-state index contributed by atoms with van der Waals surface area (Å²) >= 11 is 0. The number of hydrogen-bond donors (Lipinski definition) is 0. The van der Waals surface area contributed by atoms with Gasteiger partial charge in [0.05, 0.1) is 12.5 Å². The molecule has 0 radical (unpaired) electrons. The lowest BCUT2D eigenvalue weighted by Gasteiger charge is -2.17. The van der Waals surface area contributed by atoms with Crippen LogP contribution in [0, 0.1) is 11.8 Å². The third kappa shape index (κ3) is 16.1. The first-order valence-corrected chi connectivity index (χ1v) is 10.5. The Balaban J connectivity index is 3.81. The van der Waals surface area contributed by atoms with Crippen molar-refractivity contribution >= 4 is 5.97 Å². The van der Waals surface area contributed by atoms with Crippen molar-refractivity contribution < 1.29 is 9.53 Å². The normalized spacial score (nSPS) is 14.0. The molecule has 0 aromatic heterocycles. The molecule has 0 rings (SSSR count). The molecule has 0 fully saturated rings. The summed E-state index contributed by atoms with van der Waals surface area (Å²) in [7, 11) is 0. The Morgan fingerprint density at radius 1 is 0.741 bits per heavy atom. The average molecular weight is 373 g/mol. The van der Waals surface area contributed by atoms with Crippen LogP contribution in [0.25, 0.3) is 0 Å². The molecule has 0 amide bonds. The molecule has 0 aliphatic heterocycles. The fourth-order valence-corrected chi connectivity index (χ4v) is 2.54. The largest absolute Gasteiger partial charge is 0.466 e. The van der Waals surface area contributed by atoms with Gasteiger partial charge in [-0.2, -0.15) is 0 Å². The molecular formula is C25H40O2. The molecule has 2 nitrogen and oxygen atoms in total. The molecule has 0 aromatic rings.